The molecule has 0 saturated carbocycles. The lowest BCUT2D eigenvalue weighted by molar-refractivity contribution is -0.158. The van der Waals surface area contributed by atoms with E-state index in [9.17, 15) is 4.79 Å². The van der Waals surface area contributed by atoms with Gasteiger partial charge in [0, 0.05) is 24.2 Å². The highest BCUT2D eigenvalue weighted by atomic mass is 16.7. The number of nitrogens with one attached hydrogen (secondary N) is 3. The molecule has 27 heavy (non-hydrogen) atoms. The Morgan fingerprint density at radius 2 is 2.00 bits per heavy atom. The molecule has 0 aliphatic carbocycles. The summed E-state index contributed by atoms with van der Waals surface area (Å²) in [6, 6.07) is 11.7. The summed E-state index contributed by atoms with van der Waals surface area (Å²) in [5.41, 5.74) is 8.72. The average Bonchev–Trinajstić information content (AvgIpc) is 2.69. The first kappa shape index (κ1) is 16.3. The number of nitrogens with zero attached hydrogens (tertiary/aromatic N) is 2. The number of aromatic amines is 1. The van der Waals surface area contributed by atoms with Crippen molar-refractivity contribution >= 4 is 22.4 Å². The number of aromatic nitrogens is 2. The van der Waals surface area contributed by atoms with E-state index in [1.807, 2.05) is 36.4 Å². The van der Waals surface area contributed by atoms with E-state index in [0.717, 1.165) is 65.9 Å². The van der Waals surface area contributed by atoms with E-state index < -0.39 is 0 Å². The van der Waals surface area contributed by atoms with Gasteiger partial charge in [-0.2, -0.15) is 0 Å². The van der Waals surface area contributed by atoms with Crippen LogP contribution in [0.15, 0.2) is 41.2 Å². The highest BCUT2D eigenvalue weighted by Crippen LogP contribution is 2.33. The molecule has 0 radical (unpaired) electrons. The van der Waals surface area contributed by atoms with Crippen LogP contribution < -0.4 is 16.3 Å². The molecule has 2 aliphatic heterocycles. The summed E-state index contributed by atoms with van der Waals surface area (Å²) in [5.74, 6) is 0. The molecule has 1 unspecified atom stereocenters. The molecule has 2 aliphatic rings. The molecule has 0 saturated heterocycles. The lowest BCUT2D eigenvalue weighted by atomic mass is 10.0. The van der Waals surface area contributed by atoms with Gasteiger partial charge in [-0.15, -0.1) is 5.17 Å². The molecule has 0 fully saturated rings. The monoisotopic (exact) mass is 363 g/mol. The largest absolute Gasteiger partial charge is 0.383 e. The van der Waals surface area contributed by atoms with Crippen molar-refractivity contribution < 1.29 is 4.84 Å². The van der Waals surface area contributed by atoms with E-state index in [1.165, 1.54) is 0 Å². The molecule has 2 aromatic carbocycles. The van der Waals surface area contributed by atoms with Crippen molar-refractivity contribution in [3.63, 3.8) is 0 Å². The van der Waals surface area contributed by atoms with Crippen LogP contribution in [0.3, 0.4) is 0 Å². The molecule has 5 rings (SSSR count). The third-order valence-corrected chi connectivity index (χ3v) is 5.09. The lowest BCUT2D eigenvalue weighted by Gasteiger charge is -2.31. The minimum Gasteiger partial charge on any atom is -0.383 e. The fraction of sp³-hybridized carbons (Fsp3) is 0.300. The van der Waals surface area contributed by atoms with E-state index in [2.05, 4.69) is 15.7 Å². The maximum absolute atomic E-state index is 12.8. The summed E-state index contributed by atoms with van der Waals surface area (Å²) in [5, 5.41) is 5.24. The van der Waals surface area contributed by atoms with Crippen LogP contribution in [-0.4, -0.2) is 28.2 Å². The van der Waals surface area contributed by atoms with Gasteiger partial charge in [0.1, 0.15) is 11.2 Å². The second-order valence-electron chi connectivity index (χ2n) is 6.93. The number of hydrazine groups is 1. The molecule has 1 aromatic heterocycles. The minimum atomic E-state index is -0.194. The second kappa shape index (κ2) is 6.68. The molecule has 7 heteroatoms. The lowest BCUT2D eigenvalue weighted by Crippen LogP contribution is -2.35. The predicted octanol–water partition coefficient (Wildman–Crippen LogP) is 3.26. The van der Waals surface area contributed by atoms with Gasteiger partial charge < -0.3 is 10.3 Å². The average molecular weight is 363 g/mol. The van der Waals surface area contributed by atoms with E-state index in [-0.39, 0.29) is 5.56 Å². The zero-order valence-corrected chi connectivity index (χ0v) is 14.9. The van der Waals surface area contributed by atoms with Gasteiger partial charge in [0.15, 0.2) is 0 Å². The summed E-state index contributed by atoms with van der Waals surface area (Å²) >= 11 is 0. The maximum Gasteiger partial charge on any atom is 0.275 e. The summed E-state index contributed by atoms with van der Waals surface area (Å²) in [4.78, 5) is 26.3. The van der Waals surface area contributed by atoms with Crippen LogP contribution in [0.4, 0.5) is 11.4 Å². The molecular formula is C20H21N5O2. The zero-order valence-electron chi connectivity index (χ0n) is 14.9. The van der Waals surface area contributed by atoms with Crippen molar-refractivity contribution in [2.75, 3.05) is 23.8 Å². The van der Waals surface area contributed by atoms with E-state index in [1.54, 1.807) is 5.17 Å². The molecule has 3 N–H and O–H groups in total. The third-order valence-electron chi connectivity index (χ3n) is 5.09. The Morgan fingerprint density at radius 3 is 2.96 bits per heavy atom. The van der Waals surface area contributed by atoms with Gasteiger partial charge in [-0.05, 0) is 25.0 Å². The Hall–Kier alpha value is -2.90. The van der Waals surface area contributed by atoms with E-state index >= 15 is 0 Å². The zero-order chi connectivity index (χ0) is 18.2. The number of fused-ring (bicyclic) bond motifs is 3. The highest BCUT2D eigenvalue weighted by molar-refractivity contribution is 5.90. The number of para-hydroxylation sites is 2. The smallest absolute Gasteiger partial charge is 0.275 e. The van der Waals surface area contributed by atoms with Gasteiger partial charge in [0.2, 0.25) is 0 Å². The SMILES string of the molecule is O=c1[nH]c2cccc3c2nc1-c1cccc2c1NN(CCCCCN3)OC2. The van der Waals surface area contributed by atoms with Crippen LogP contribution in [0.1, 0.15) is 24.8 Å². The maximum atomic E-state index is 12.8. The van der Waals surface area contributed by atoms with E-state index in [4.69, 9.17) is 9.82 Å². The Bertz CT molecular complexity index is 1060. The van der Waals surface area contributed by atoms with Crippen molar-refractivity contribution in [2.45, 2.75) is 25.9 Å². The highest BCUT2D eigenvalue weighted by Gasteiger charge is 2.22. The Morgan fingerprint density at radius 1 is 1.07 bits per heavy atom. The van der Waals surface area contributed by atoms with Crippen LogP contribution in [-0.2, 0) is 11.4 Å². The number of hydrogen-bond donors (Lipinski definition) is 3. The first-order valence-electron chi connectivity index (χ1n) is 9.36. The molecule has 0 amide bonds. The third kappa shape index (κ3) is 2.94. The first-order valence-corrected chi connectivity index (χ1v) is 9.36. The van der Waals surface area contributed by atoms with E-state index in [0.29, 0.717) is 12.3 Å². The molecular weight excluding hydrogens is 342 g/mol. The number of hydrogen-bond acceptors (Lipinski definition) is 6. The van der Waals surface area contributed by atoms with Gasteiger partial charge in [-0.25, -0.2) is 4.98 Å². The van der Waals surface area contributed by atoms with Gasteiger partial charge in [-0.3, -0.25) is 15.1 Å². The van der Waals surface area contributed by atoms with Gasteiger partial charge in [-0.1, -0.05) is 30.7 Å². The summed E-state index contributed by atoms with van der Waals surface area (Å²) in [6.45, 7) is 2.13. The van der Waals surface area contributed by atoms with Gasteiger partial charge in [0.25, 0.3) is 5.56 Å². The normalized spacial score (nSPS) is 19.2. The van der Waals surface area contributed by atoms with Crippen molar-refractivity contribution in [3.8, 4) is 11.3 Å². The molecule has 3 heterocycles. The topological polar surface area (TPSA) is 82.3 Å². The summed E-state index contributed by atoms with van der Waals surface area (Å²) in [6.07, 6.45) is 3.19. The number of anilines is 2. The molecule has 1 atom stereocenters. The van der Waals surface area contributed by atoms with Gasteiger partial charge >= 0.3 is 0 Å². The van der Waals surface area contributed by atoms with Crippen LogP contribution in [0, 0.1) is 0 Å². The molecule has 138 valence electrons. The summed E-state index contributed by atoms with van der Waals surface area (Å²) < 4.78 is 0. The first-order chi connectivity index (χ1) is 13.3. The predicted molar refractivity (Wildman–Crippen MR) is 105 cm³/mol. The number of rotatable bonds is 0. The van der Waals surface area contributed by atoms with Crippen molar-refractivity contribution in [3.05, 3.63) is 52.3 Å². The fourth-order valence-corrected chi connectivity index (χ4v) is 3.69. The van der Waals surface area contributed by atoms with Crippen molar-refractivity contribution in [2.24, 2.45) is 0 Å². The standard InChI is InChI=1S/C20H21N5O2/c26-20-18-14-7-4-6-13-12-27-25(24-17(13)14)11-3-1-2-10-21-15-8-5-9-16(22-20)19(15)23-18/h4-9,21,24H,1-3,10-12H2,(H,22,26). The minimum absolute atomic E-state index is 0.194. The Labute approximate surface area is 156 Å². The number of hydroxylamine groups is 1. The van der Waals surface area contributed by atoms with Crippen molar-refractivity contribution in [1.29, 1.82) is 0 Å². The quantitative estimate of drug-likeness (QED) is 0.569. The van der Waals surface area contributed by atoms with Crippen LogP contribution >= 0.6 is 0 Å². The van der Waals surface area contributed by atoms with Crippen LogP contribution in [0.25, 0.3) is 22.3 Å². The summed E-state index contributed by atoms with van der Waals surface area (Å²) in [7, 11) is 0. The Kier molecular flexibility index (Phi) is 4.03. The van der Waals surface area contributed by atoms with Crippen LogP contribution in [0.2, 0.25) is 0 Å². The fourth-order valence-electron chi connectivity index (χ4n) is 3.69. The molecule has 4 bridgehead atoms. The number of benzene rings is 2. The van der Waals surface area contributed by atoms with Gasteiger partial charge in [0.05, 0.1) is 23.5 Å². The molecule has 3 aromatic rings. The second-order valence-corrected chi connectivity index (χ2v) is 6.93. The Balaban J connectivity index is 1.74. The molecule has 7 nitrogen and oxygen atoms in total. The molecule has 0 spiro atoms. The van der Waals surface area contributed by atoms with Crippen molar-refractivity contribution in [1.82, 2.24) is 15.1 Å². The number of H-pyrrole nitrogens is 1. The van der Waals surface area contributed by atoms with Crippen LogP contribution in [0.5, 0.6) is 0 Å².